The van der Waals surface area contributed by atoms with Gasteiger partial charge in [0.15, 0.2) is 0 Å². The summed E-state index contributed by atoms with van der Waals surface area (Å²) in [5.74, 6) is 0.667. The van der Waals surface area contributed by atoms with Gasteiger partial charge in [0.2, 0.25) is 0 Å². The first-order valence-electron chi connectivity index (χ1n) is 10.7. The van der Waals surface area contributed by atoms with Crippen LogP contribution in [0.3, 0.4) is 0 Å². The maximum Gasteiger partial charge on any atom is 0.263 e. The maximum atomic E-state index is 13.0. The van der Waals surface area contributed by atoms with Gasteiger partial charge in [-0.25, -0.2) is 0 Å². The number of pyridine rings is 1. The third-order valence-electron chi connectivity index (χ3n) is 6.64. The molecule has 0 unspecified atom stereocenters. The topological polar surface area (TPSA) is 66.4 Å². The Bertz CT molecular complexity index is 931. The lowest BCUT2D eigenvalue weighted by atomic mass is 9.84. The minimum absolute atomic E-state index is 0.119. The van der Waals surface area contributed by atoms with Crippen LogP contribution in [-0.4, -0.2) is 47.6 Å². The van der Waals surface area contributed by atoms with Gasteiger partial charge >= 0.3 is 0 Å². The van der Waals surface area contributed by atoms with Crippen LogP contribution in [-0.2, 0) is 13.1 Å². The average Bonchev–Trinajstić information content (AvgIpc) is 3.23. The lowest BCUT2D eigenvalue weighted by Crippen LogP contribution is -2.48. The summed E-state index contributed by atoms with van der Waals surface area (Å²) < 4.78 is 1.86. The third-order valence-corrected chi connectivity index (χ3v) is 7.50. The molecule has 2 aromatic rings. The lowest BCUT2D eigenvalue weighted by molar-refractivity contribution is 0.0906. The Morgan fingerprint density at radius 2 is 2.07 bits per heavy atom. The molecule has 5 rings (SSSR count). The van der Waals surface area contributed by atoms with Crippen LogP contribution in [0.15, 0.2) is 34.4 Å². The highest BCUT2D eigenvalue weighted by atomic mass is 32.1. The number of nitrogens with one attached hydrogen (secondary N) is 2. The first-order chi connectivity index (χ1) is 14.2. The highest BCUT2D eigenvalue weighted by Gasteiger charge is 2.32. The zero-order valence-corrected chi connectivity index (χ0v) is 17.4. The van der Waals surface area contributed by atoms with E-state index in [1.54, 1.807) is 17.4 Å². The number of rotatable bonds is 4. The molecule has 29 heavy (non-hydrogen) atoms. The predicted octanol–water partition coefficient (Wildman–Crippen LogP) is 2.01. The molecule has 154 valence electrons. The van der Waals surface area contributed by atoms with Crippen LogP contribution >= 0.6 is 11.3 Å². The Labute approximate surface area is 174 Å². The number of hydrogen-bond acceptors (Lipinski definition) is 5. The molecule has 6 nitrogen and oxygen atoms in total. The van der Waals surface area contributed by atoms with E-state index in [2.05, 4.69) is 33.0 Å². The van der Waals surface area contributed by atoms with Crippen molar-refractivity contribution in [1.29, 1.82) is 0 Å². The van der Waals surface area contributed by atoms with Gasteiger partial charge in [0.1, 0.15) is 5.56 Å². The molecular formula is C22H28N4O2S. The molecule has 2 fully saturated rings. The van der Waals surface area contributed by atoms with Crippen molar-refractivity contribution in [3.05, 3.63) is 56.1 Å². The van der Waals surface area contributed by atoms with E-state index in [4.69, 9.17) is 0 Å². The molecule has 2 saturated heterocycles. The number of thiophene rings is 1. The summed E-state index contributed by atoms with van der Waals surface area (Å²) in [7, 11) is 0. The molecule has 2 bridgehead atoms. The SMILES string of the molecule is O=C(NC1CCN(Cc2cccs2)CC1)c1ccc2n(c1=O)C[C@@H]1CNC[C@H]2C1. The molecule has 2 atom stereocenters. The van der Waals surface area contributed by atoms with Crippen molar-refractivity contribution in [1.82, 2.24) is 20.1 Å². The van der Waals surface area contributed by atoms with Gasteiger partial charge in [-0.2, -0.15) is 0 Å². The molecule has 0 spiro atoms. The summed E-state index contributed by atoms with van der Waals surface area (Å²) in [5.41, 5.74) is 1.26. The van der Waals surface area contributed by atoms with Crippen LogP contribution in [0.5, 0.6) is 0 Å². The van der Waals surface area contributed by atoms with Crippen molar-refractivity contribution < 1.29 is 4.79 Å². The van der Waals surface area contributed by atoms with Gasteiger partial charge < -0.3 is 15.2 Å². The lowest BCUT2D eigenvalue weighted by Gasteiger charge is -2.37. The minimum atomic E-state index is -0.212. The number of fused-ring (bicyclic) bond motifs is 4. The van der Waals surface area contributed by atoms with Crippen LogP contribution < -0.4 is 16.2 Å². The van der Waals surface area contributed by atoms with Crippen molar-refractivity contribution in [3.63, 3.8) is 0 Å². The molecule has 0 aromatic carbocycles. The molecular weight excluding hydrogens is 384 g/mol. The zero-order valence-electron chi connectivity index (χ0n) is 16.6. The van der Waals surface area contributed by atoms with Crippen LogP contribution in [0.4, 0.5) is 0 Å². The van der Waals surface area contributed by atoms with Crippen molar-refractivity contribution in [2.45, 2.75) is 44.3 Å². The summed E-state index contributed by atoms with van der Waals surface area (Å²) in [4.78, 5) is 29.7. The highest BCUT2D eigenvalue weighted by Crippen LogP contribution is 2.31. The molecule has 0 saturated carbocycles. The average molecular weight is 413 g/mol. The molecule has 5 heterocycles. The number of aromatic nitrogens is 1. The van der Waals surface area contributed by atoms with E-state index in [0.29, 0.717) is 17.4 Å². The maximum absolute atomic E-state index is 13.0. The summed E-state index contributed by atoms with van der Waals surface area (Å²) in [6.45, 7) is 5.54. The number of likely N-dealkylation sites (tertiary alicyclic amines) is 1. The normalized spacial score (nSPS) is 24.8. The Hall–Kier alpha value is -1.96. The Kier molecular flexibility index (Phi) is 5.28. The van der Waals surface area contributed by atoms with Gasteiger partial charge in [0.05, 0.1) is 0 Å². The van der Waals surface area contributed by atoms with E-state index < -0.39 is 0 Å². The van der Waals surface area contributed by atoms with Crippen LogP contribution in [0, 0.1) is 5.92 Å². The monoisotopic (exact) mass is 412 g/mol. The fourth-order valence-corrected chi connectivity index (χ4v) is 5.83. The second kappa shape index (κ2) is 8.05. The molecule has 2 aromatic heterocycles. The Balaban J connectivity index is 1.23. The zero-order chi connectivity index (χ0) is 19.8. The summed E-state index contributed by atoms with van der Waals surface area (Å²) in [5, 5.41) is 8.70. The van der Waals surface area contributed by atoms with Crippen LogP contribution in [0.2, 0.25) is 0 Å². The van der Waals surface area contributed by atoms with Crippen molar-refractivity contribution >= 4 is 17.2 Å². The molecule has 0 aliphatic carbocycles. The van der Waals surface area contributed by atoms with E-state index in [-0.39, 0.29) is 17.5 Å². The van der Waals surface area contributed by atoms with E-state index in [0.717, 1.165) is 64.2 Å². The second-order valence-electron chi connectivity index (χ2n) is 8.65. The summed E-state index contributed by atoms with van der Waals surface area (Å²) in [6.07, 6.45) is 3.00. The van der Waals surface area contributed by atoms with Gasteiger partial charge in [-0.1, -0.05) is 6.07 Å². The van der Waals surface area contributed by atoms with Gasteiger partial charge in [0, 0.05) is 55.3 Å². The number of hydrogen-bond donors (Lipinski definition) is 2. The standard InChI is InChI=1S/C22H28N4O2S/c27-21(24-17-5-7-25(8-6-17)14-18-2-1-9-29-18)19-3-4-20-16-10-15(11-23-12-16)13-26(20)22(19)28/h1-4,9,15-17,23H,5-8,10-14H2,(H,24,27)/t15-,16+/m0/s1. The van der Waals surface area contributed by atoms with Crippen molar-refractivity contribution in [2.24, 2.45) is 5.92 Å². The first-order valence-corrected chi connectivity index (χ1v) is 11.6. The number of piperidine rings is 2. The molecule has 2 N–H and O–H groups in total. The van der Waals surface area contributed by atoms with E-state index in [1.165, 1.54) is 4.88 Å². The molecule has 7 heteroatoms. The second-order valence-corrected chi connectivity index (χ2v) is 9.68. The predicted molar refractivity (Wildman–Crippen MR) is 115 cm³/mol. The molecule has 3 aliphatic heterocycles. The number of nitrogens with zero attached hydrogens (tertiary/aromatic N) is 2. The summed E-state index contributed by atoms with van der Waals surface area (Å²) >= 11 is 1.79. The number of carbonyl (C=O) groups excluding carboxylic acids is 1. The minimum Gasteiger partial charge on any atom is -0.349 e. The third kappa shape index (κ3) is 3.91. The number of amides is 1. The molecule has 1 amide bonds. The van der Waals surface area contributed by atoms with Gasteiger partial charge in [0.25, 0.3) is 11.5 Å². The quantitative estimate of drug-likeness (QED) is 0.806. The smallest absolute Gasteiger partial charge is 0.263 e. The van der Waals surface area contributed by atoms with E-state index in [1.807, 2.05) is 10.6 Å². The Morgan fingerprint density at radius 3 is 2.86 bits per heavy atom. The van der Waals surface area contributed by atoms with Gasteiger partial charge in [-0.3, -0.25) is 14.5 Å². The largest absolute Gasteiger partial charge is 0.349 e. The Morgan fingerprint density at radius 1 is 1.21 bits per heavy atom. The summed E-state index contributed by atoms with van der Waals surface area (Å²) in [6, 6.07) is 8.14. The fraction of sp³-hybridized carbons (Fsp3) is 0.545. The van der Waals surface area contributed by atoms with Gasteiger partial charge in [-0.15, -0.1) is 11.3 Å². The fourth-order valence-electron chi connectivity index (χ4n) is 5.09. The first kappa shape index (κ1) is 19.0. The highest BCUT2D eigenvalue weighted by molar-refractivity contribution is 7.09. The van der Waals surface area contributed by atoms with Crippen molar-refractivity contribution in [3.8, 4) is 0 Å². The molecule has 0 radical (unpaired) electrons. The van der Waals surface area contributed by atoms with Crippen LogP contribution in [0.1, 0.15) is 46.1 Å². The van der Waals surface area contributed by atoms with Crippen LogP contribution in [0.25, 0.3) is 0 Å². The van der Waals surface area contributed by atoms with Crippen molar-refractivity contribution in [2.75, 3.05) is 26.2 Å². The molecule has 3 aliphatic rings. The van der Waals surface area contributed by atoms with Gasteiger partial charge in [-0.05, 0) is 55.3 Å². The van der Waals surface area contributed by atoms with E-state index >= 15 is 0 Å². The van der Waals surface area contributed by atoms with E-state index in [9.17, 15) is 9.59 Å². The number of carbonyl (C=O) groups is 1.